The fourth-order valence-electron chi connectivity index (χ4n) is 4.84. The number of aromatic nitrogens is 1. The van der Waals surface area contributed by atoms with E-state index in [-0.39, 0.29) is 11.9 Å². The molecule has 4 aromatic rings. The van der Waals surface area contributed by atoms with Crippen molar-refractivity contribution in [1.82, 2.24) is 14.8 Å². The number of carbonyl (C=O) groups excluding carboxylic acids is 1. The number of amides is 2. The zero-order valence-corrected chi connectivity index (χ0v) is 22.5. The van der Waals surface area contributed by atoms with Gasteiger partial charge in [-0.2, -0.15) is 0 Å². The van der Waals surface area contributed by atoms with Crippen LogP contribution in [0.2, 0.25) is 0 Å². The predicted molar refractivity (Wildman–Crippen MR) is 153 cm³/mol. The minimum absolute atomic E-state index is 0.121. The predicted octanol–water partition coefficient (Wildman–Crippen LogP) is 5.69. The quantitative estimate of drug-likeness (QED) is 0.285. The third-order valence-electron chi connectivity index (χ3n) is 6.98. The minimum atomic E-state index is -0.121. The second-order valence-electron chi connectivity index (χ2n) is 9.39. The van der Waals surface area contributed by atoms with Gasteiger partial charge in [0.2, 0.25) is 0 Å². The largest absolute Gasteiger partial charge is 0.497 e. The molecular formula is C30H34N4O3S. The van der Waals surface area contributed by atoms with Crippen LogP contribution in [0.1, 0.15) is 23.5 Å². The number of rotatable bonds is 10. The Morgan fingerprint density at radius 1 is 1.03 bits per heavy atom. The Balaban J connectivity index is 1.33. The number of hydrogen-bond donors (Lipinski definition) is 1. The Morgan fingerprint density at radius 2 is 1.71 bits per heavy atom. The summed E-state index contributed by atoms with van der Waals surface area (Å²) >= 11 is 1.46. The molecule has 1 fully saturated rings. The summed E-state index contributed by atoms with van der Waals surface area (Å²) in [5, 5.41) is 3.67. The SMILES string of the molecule is COc1ccc2nc(NC(=O)N(CCC(c3ccccc3)c3ccccc3)CCN3CCOCC3)sc2c1. The van der Waals surface area contributed by atoms with E-state index in [2.05, 4.69) is 63.7 Å². The highest BCUT2D eigenvalue weighted by atomic mass is 32.1. The summed E-state index contributed by atoms with van der Waals surface area (Å²) in [5.41, 5.74) is 3.36. The number of thiazole rings is 1. The number of fused-ring (bicyclic) bond motifs is 1. The van der Waals surface area contributed by atoms with Gasteiger partial charge in [0.25, 0.3) is 0 Å². The van der Waals surface area contributed by atoms with Crippen molar-refractivity contribution in [2.45, 2.75) is 12.3 Å². The van der Waals surface area contributed by atoms with Crippen LogP contribution in [0, 0.1) is 0 Å². The molecule has 1 aliphatic rings. The molecule has 2 heterocycles. The molecule has 198 valence electrons. The van der Waals surface area contributed by atoms with E-state index in [1.54, 1.807) is 7.11 Å². The molecule has 8 heteroatoms. The second kappa shape index (κ2) is 12.9. The molecular weight excluding hydrogens is 496 g/mol. The van der Waals surface area contributed by atoms with E-state index in [0.717, 1.165) is 55.2 Å². The summed E-state index contributed by atoms with van der Waals surface area (Å²) in [4.78, 5) is 22.5. The van der Waals surface area contributed by atoms with Crippen molar-refractivity contribution in [3.8, 4) is 5.75 Å². The number of nitrogens with zero attached hydrogens (tertiary/aromatic N) is 3. The van der Waals surface area contributed by atoms with Crippen LogP contribution in [0.25, 0.3) is 10.2 Å². The number of benzene rings is 3. The van der Waals surface area contributed by atoms with E-state index in [1.165, 1.54) is 22.5 Å². The topological polar surface area (TPSA) is 66.9 Å². The van der Waals surface area contributed by atoms with Crippen LogP contribution in [0.15, 0.2) is 78.9 Å². The van der Waals surface area contributed by atoms with Gasteiger partial charge in [0, 0.05) is 38.6 Å². The standard InChI is InChI=1S/C30H34N4O3S/c1-36-25-12-13-27-28(22-25)38-29(31-27)32-30(35)34(17-16-33-18-20-37-21-19-33)15-14-26(23-8-4-2-5-9-23)24-10-6-3-7-11-24/h2-13,22,26H,14-21H2,1H3,(H,31,32,35). The van der Waals surface area contributed by atoms with Gasteiger partial charge in [-0.25, -0.2) is 9.78 Å². The molecule has 0 radical (unpaired) electrons. The van der Waals surface area contributed by atoms with Gasteiger partial charge in [-0.3, -0.25) is 10.2 Å². The number of hydrogen-bond acceptors (Lipinski definition) is 6. The van der Waals surface area contributed by atoms with Crippen LogP contribution in [0.5, 0.6) is 5.75 Å². The summed E-state index contributed by atoms with van der Waals surface area (Å²) in [6.07, 6.45) is 0.821. The van der Waals surface area contributed by atoms with Gasteiger partial charge in [0.15, 0.2) is 5.13 Å². The highest BCUT2D eigenvalue weighted by Gasteiger charge is 2.21. The van der Waals surface area contributed by atoms with Crippen LogP contribution in [0.3, 0.4) is 0 Å². The van der Waals surface area contributed by atoms with Crippen LogP contribution in [-0.2, 0) is 4.74 Å². The molecule has 0 spiro atoms. The van der Waals surface area contributed by atoms with Crippen molar-refractivity contribution >= 4 is 32.7 Å². The smallest absolute Gasteiger partial charge is 0.323 e. The second-order valence-corrected chi connectivity index (χ2v) is 10.4. The maximum atomic E-state index is 13.6. The van der Waals surface area contributed by atoms with Crippen LogP contribution in [0.4, 0.5) is 9.93 Å². The third-order valence-corrected chi connectivity index (χ3v) is 7.91. The van der Waals surface area contributed by atoms with Gasteiger partial charge in [0.05, 0.1) is 30.5 Å². The summed E-state index contributed by atoms with van der Waals surface area (Å²) in [6.45, 7) is 5.36. The number of morpholine rings is 1. The minimum Gasteiger partial charge on any atom is -0.497 e. The molecule has 0 bridgehead atoms. The van der Waals surface area contributed by atoms with E-state index in [1.807, 2.05) is 35.2 Å². The van der Waals surface area contributed by atoms with E-state index < -0.39 is 0 Å². The first kappa shape index (κ1) is 26.2. The molecule has 1 aromatic heterocycles. The first-order valence-electron chi connectivity index (χ1n) is 13.1. The van der Waals surface area contributed by atoms with Crippen molar-refractivity contribution in [2.75, 3.05) is 58.4 Å². The molecule has 1 N–H and O–H groups in total. The lowest BCUT2D eigenvalue weighted by Crippen LogP contribution is -2.44. The van der Waals surface area contributed by atoms with Crippen LogP contribution in [-0.4, -0.2) is 73.9 Å². The summed E-state index contributed by atoms with van der Waals surface area (Å²) in [6, 6.07) is 26.7. The van der Waals surface area contributed by atoms with Gasteiger partial charge in [0.1, 0.15) is 5.75 Å². The first-order valence-corrected chi connectivity index (χ1v) is 13.9. The van der Waals surface area contributed by atoms with Crippen molar-refractivity contribution in [3.63, 3.8) is 0 Å². The number of ether oxygens (including phenoxy) is 2. The number of methoxy groups -OCH3 is 1. The highest BCUT2D eigenvalue weighted by Crippen LogP contribution is 2.30. The first-order chi connectivity index (χ1) is 18.7. The molecule has 0 aliphatic carbocycles. The van der Waals surface area contributed by atoms with Crippen molar-refractivity contribution in [1.29, 1.82) is 0 Å². The van der Waals surface area contributed by atoms with Crippen LogP contribution >= 0.6 is 11.3 Å². The van der Waals surface area contributed by atoms with Crippen molar-refractivity contribution in [2.24, 2.45) is 0 Å². The molecule has 1 aliphatic heterocycles. The molecule has 38 heavy (non-hydrogen) atoms. The number of anilines is 1. The van der Waals surface area contributed by atoms with E-state index in [0.29, 0.717) is 18.2 Å². The molecule has 5 rings (SSSR count). The Labute approximate surface area is 228 Å². The molecule has 0 atom stereocenters. The van der Waals surface area contributed by atoms with Gasteiger partial charge in [-0.1, -0.05) is 72.0 Å². The van der Waals surface area contributed by atoms with Crippen molar-refractivity contribution in [3.05, 3.63) is 90.0 Å². The Kier molecular flexibility index (Phi) is 8.86. The lowest BCUT2D eigenvalue weighted by Gasteiger charge is -2.31. The highest BCUT2D eigenvalue weighted by molar-refractivity contribution is 7.22. The molecule has 3 aromatic carbocycles. The van der Waals surface area contributed by atoms with E-state index in [9.17, 15) is 4.79 Å². The summed E-state index contributed by atoms with van der Waals surface area (Å²) < 4.78 is 11.8. The summed E-state index contributed by atoms with van der Waals surface area (Å²) in [7, 11) is 1.65. The molecule has 0 unspecified atom stereocenters. The monoisotopic (exact) mass is 530 g/mol. The molecule has 0 saturated carbocycles. The van der Waals surface area contributed by atoms with Gasteiger partial charge in [-0.15, -0.1) is 0 Å². The third kappa shape index (κ3) is 6.69. The average molecular weight is 531 g/mol. The maximum absolute atomic E-state index is 13.6. The van der Waals surface area contributed by atoms with Gasteiger partial charge >= 0.3 is 6.03 Å². The van der Waals surface area contributed by atoms with Gasteiger partial charge < -0.3 is 14.4 Å². The molecule has 2 amide bonds. The lowest BCUT2D eigenvalue weighted by atomic mass is 9.88. The number of urea groups is 1. The van der Waals surface area contributed by atoms with E-state index in [4.69, 9.17) is 9.47 Å². The molecule has 7 nitrogen and oxygen atoms in total. The number of nitrogens with one attached hydrogen (secondary N) is 1. The normalized spacial score (nSPS) is 14.1. The number of carbonyl (C=O) groups is 1. The van der Waals surface area contributed by atoms with E-state index >= 15 is 0 Å². The maximum Gasteiger partial charge on any atom is 0.323 e. The Hall–Kier alpha value is -3.46. The van der Waals surface area contributed by atoms with Gasteiger partial charge in [-0.05, 0) is 35.7 Å². The average Bonchev–Trinajstić information content (AvgIpc) is 3.37. The van der Waals surface area contributed by atoms with Crippen LogP contribution < -0.4 is 10.1 Å². The van der Waals surface area contributed by atoms with Crippen molar-refractivity contribution < 1.29 is 14.3 Å². The zero-order chi connectivity index (χ0) is 26.2. The Bertz CT molecular complexity index is 1270. The zero-order valence-electron chi connectivity index (χ0n) is 21.7. The fraction of sp³-hybridized carbons (Fsp3) is 0.333. The summed E-state index contributed by atoms with van der Waals surface area (Å²) in [5.74, 6) is 0.977. The lowest BCUT2D eigenvalue weighted by molar-refractivity contribution is 0.0351. The molecule has 1 saturated heterocycles. The Morgan fingerprint density at radius 3 is 2.37 bits per heavy atom. The fourth-order valence-corrected chi connectivity index (χ4v) is 5.72.